The number of aryl methyl sites for hydroxylation is 1. The summed E-state index contributed by atoms with van der Waals surface area (Å²) < 4.78 is 43.0. The predicted octanol–water partition coefficient (Wildman–Crippen LogP) is 4.35. The SMILES string of the molecule is Cc1ccccc1C(=O)Nc1nc(NC(=O)c2ccc(CNC(=O)[C@@H]3CCCN3)cc2)nn1-c1ccc(OC(F)(F)F)cc1. The average Bonchev–Trinajstić information content (AvgIpc) is 3.67. The lowest BCUT2D eigenvalue weighted by Gasteiger charge is -2.11. The van der Waals surface area contributed by atoms with E-state index in [1.54, 1.807) is 55.5 Å². The van der Waals surface area contributed by atoms with Crippen molar-refractivity contribution in [1.82, 2.24) is 25.4 Å². The van der Waals surface area contributed by atoms with Gasteiger partial charge < -0.3 is 15.4 Å². The van der Waals surface area contributed by atoms with Crippen LogP contribution in [0.2, 0.25) is 0 Å². The van der Waals surface area contributed by atoms with Gasteiger partial charge in [0.1, 0.15) is 5.75 Å². The zero-order valence-corrected chi connectivity index (χ0v) is 23.4. The van der Waals surface area contributed by atoms with E-state index in [1.165, 1.54) is 16.8 Å². The molecule has 1 atom stereocenters. The third-order valence-corrected chi connectivity index (χ3v) is 6.82. The van der Waals surface area contributed by atoms with Crippen molar-refractivity contribution in [3.8, 4) is 11.4 Å². The highest BCUT2D eigenvalue weighted by atomic mass is 19.4. The highest BCUT2D eigenvalue weighted by Crippen LogP contribution is 2.25. The van der Waals surface area contributed by atoms with Crippen molar-refractivity contribution in [3.63, 3.8) is 0 Å². The lowest BCUT2D eigenvalue weighted by Crippen LogP contribution is -2.39. The molecule has 1 saturated heterocycles. The van der Waals surface area contributed by atoms with Crippen LogP contribution in [0.25, 0.3) is 5.69 Å². The Labute approximate surface area is 249 Å². The topological polar surface area (TPSA) is 139 Å². The molecule has 1 aliphatic heterocycles. The molecule has 1 aromatic heterocycles. The first-order chi connectivity index (χ1) is 21.1. The number of aromatic nitrogens is 3. The number of carbonyl (C=O) groups is 3. The zero-order chi connectivity index (χ0) is 31.3. The number of alkyl halides is 3. The van der Waals surface area contributed by atoms with Crippen molar-refractivity contribution in [2.45, 2.75) is 38.7 Å². The third kappa shape index (κ3) is 7.58. The third-order valence-electron chi connectivity index (χ3n) is 6.82. The van der Waals surface area contributed by atoms with E-state index in [4.69, 9.17) is 0 Å². The number of hydrogen-bond donors (Lipinski definition) is 4. The minimum Gasteiger partial charge on any atom is -0.406 e. The van der Waals surface area contributed by atoms with Gasteiger partial charge in [-0.1, -0.05) is 30.3 Å². The molecule has 3 amide bonds. The van der Waals surface area contributed by atoms with Crippen molar-refractivity contribution in [2.24, 2.45) is 0 Å². The molecule has 3 aromatic carbocycles. The maximum absolute atomic E-state index is 13.0. The maximum Gasteiger partial charge on any atom is 0.573 e. The van der Waals surface area contributed by atoms with Gasteiger partial charge in [0.15, 0.2) is 0 Å². The van der Waals surface area contributed by atoms with Crippen LogP contribution < -0.4 is 26.0 Å². The van der Waals surface area contributed by atoms with Crippen LogP contribution in [0.4, 0.5) is 25.1 Å². The smallest absolute Gasteiger partial charge is 0.406 e. The molecule has 1 aliphatic rings. The number of anilines is 2. The van der Waals surface area contributed by atoms with Crippen molar-refractivity contribution in [1.29, 1.82) is 0 Å². The van der Waals surface area contributed by atoms with Gasteiger partial charge in [0.2, 0.25) is 11.9 Å². The summed E-state index contributed by atoms with van der Waals surface area (Å²) in [4.78, 5) is 42.5. The van der Waals surface area contributed by atoms with Crippen molar-refractivity contribution >= 4 is 29.6 Å². The van der Waals surface area contributed by atoms with Gasteiger partial charge in [-0.2, -0.15) is 9.67 Å². The number of halogens is 3. The van der Waals surface area contributed by atoms with E-state index in [2.05, 4.69) is 36.1 Å². The second kappa shape index (κ2) is 13.0. The molecular formula is C30H28F3N7O4. The summed E-state index contributed by atoms with van der Waals surface area (Å²) in [7, 11) is 0. The Kier molecular flexibility index (Phi) is 8.90. The normalized spacial score (nSPS) is 14.6. The first-order valence-electron chi connectivity index (χ1n) is 13.7. The van der Waals surface area contributed by atoms with Gasteiger partial charge in [-0.25, -0.2) is 0 Å². The number of nitrogens with zero attached hydrogens (tertiary/aromatic N) is 3. The highest BCUT2D eigenvalue weighted by molar-refractivity contribution is 6.05. The summed E-state index contributed by atoms with van der Waals surface area (Å²) in [6, 6.07) is 18.0. The molecule has 11 nitrogen and oxygen atoms in total. The molecule has 228 valence electrons. The summed E-state index contributed by atoms with van der Waals surface area (Å²) in [5.41, 5.74) is 2.41. The predicted molar refractivity (Wildman–Crippen MR) is 154 cm³/mol. The van der Waals surface area contributed by atoms with Gasteiger partial charge in [-0.05, 0) is 79.9 Å². The second-order valence-electron chi connectivity index (χ2n) is 10.00. The van der Waals surface area contributed by atoms with E-state index >= 15 is 0 Å². The fourth-order valence-electron chi connectivity index (χ4n) is 4.58. The molecule has 2 heterocycles. The minimum atomic E-state index is -4.86. The van der Waals surface area contributed by atoms with Crippen molar-refractivity contribution < 1.29 is 32.3 Å². The molecular weight excluding hydrogens is 579 g/mol. The largest absolute Gasteiger partial charge is 0.573 e. The van der Waals surface area contributed by atoms with Gasteiger partial charge in [-0.15, -0.1) is 18.3 Å². The first kappa shape index (κ1) is 30.2. The van der Waals surface area contributed by atoms with E-state index in [1.807, 2.05) is 0 Å². The number of hydrogen-bond acceptors (Lipinski definition) is 7. The zero-order valence-electron chi connectivity index (χ0n) is 23.4. The average molecular weight is 608 g/mol. The lowest BCUT2D eigenvalue weighted by molar-refractivity contribution is -0.274. The van der Waals surface area contributed by atoms with Crippen LogP contribution >= 0.6 is 0 Å². The maximum atomic E-state index is 13.0. The molecule has 0 bridgehead atoms. The Hall–Kier alpha value is -5.24. The second-order valence-corrected chi connectivity index (χ2v) is 10.00. The lowest BCUT2D eigenvalue weighted by atomic mass is 10.1. The quantitative estimate of drug-likeness (QED) is 0.222. The monoisotopic (exact) mass is 607 g/mol. The van der Waals surface area contributed by atoms with Gasteiger partial charge in [0.05, 0.1) is 11.7 Å². The highest BCUT2D eigenvalue weighted by Gasteiger charge is 2.31. The molecule has 0 saturated carbocycles. The molecule has 14 heteroatoms. The molecule has 4 N–H and O–H groups in total. The van der Waals surface area contributed by atoms with Crippen molar-refractivity contribution in [3.05, 3.63) is 95.1 Å². The molecule has 4 aromatic rings. The summed E-state index contributed by atoms with van der Waals surface area (Å²) in [6.07, 6.45) is -3.11. The minimum absolute atomic E-state index is 0.0705. The van der Waals surface area contributed by atoms with Crippen LogP contribution in [0.3, 0.4) is 0 Å². The summed E-state index contributed by atoms with van der Waals surface area (Å²) >= 11 is 0. The fraction of sp³-hybridized carbons (Fsp3) is 0.233. The van der Waals surface area contributed by atoms with E-state index in [-0.39, 0.29) is 35.1 Å². The van der Waals surface area contributed by atoms with Crippen LogP contribution in [-0.2, 0) is 11.3 Å². The van der Waals surface area contributed by atoms with E-state index < -0.39 is 23.9 Å². The van der Waals surface area contributed by atoms with Crippen LogP contribution in [-0.4, -0.2) is 51.4 Å². The van der Waals surface area contributed by atoms with E-state index in [9.17, 15) is 27.6 Å². The van der Waals surface area contributed by atoms with E-state index in [0.717, 1.165) is 37.1 Å². The molecule has 1 fully saturated rings. The number of nitrogens with one attached hydrogen (secondary N) is 4. The molecule has 5 rings (SSSR count). The summed E-state index contributed by atoms with van der Waals surface area (Å²) in [6.45, 7) is 2.89. The van der Waals surface area contributed by atoms with Gasteiger partial charge in [-0.3, -0.25) is 25.0 Å². The molecule has 0 radical (unpaired) electrons. The van der Waals surface area contributed by atoms with Crippen LogP contribution in [0, 0.1) is 6.92 Å². The molecule has 0 spiro atoms. The number of amides is 3. The summed E-state index contributed by atoms with van der Waals surface area (Å²) in [5, 5.41) is 15.5. The Balaban J connectivity index is 1.32. The van der Waals surface area contributed by atoms with Crippen molar-refractivity contribution in [2.75, 3.05) is 17.2 Å². The van der Waals surface area contributed by atoms with E-state index in [0.29, 0.717) is 17.7 Å². The Morgan fingerprint density at radius 2 is 1.70 bits per heavy atom. The number of carbonyl (C=O) groups excluding carboxylic acids is 3. The standard InChI is InChI=1S/C30H28F3N7O4/c1-18-5-2-3-6-23(18)26(42)37-29-38-28(39-40(29)21-12-14-22(15-13-21)44-30(31,32)33)36-25(41)20-10-8-19(9-11-20)17-35-27(43)24-7-4-16-34-24/h2-3,5-6,8-15,24,34H,4,7,16-17H2,1H3,(H,35,43)(H2,36,37,38,39,41,42)/t24-/m0/s1. The molecule has 0 unspecified atom stereocenters. The van der Waals surface area contributed by atoms with Crippen LogP contribution in [0.1, 0.15) is 44.7 Å². The van der Waals surface area contributed by atoms with Crippen LogP contribution in [0.5, 0.6) is 5.75 Å². The first-order valence-corrected chi connectivity index (χ1v) is 13.7. The number of ether oxygens (including phenoxy) is 1. The number of benzene rings is 3. The van der Waals surface area contributed by atoms with Gasteiger partial charge in [0.25, 0.3) is 17.8 Å². The van der Waals surface area contributed by atoms with Crippen LogP contribution in [0.15, 0.2) is 72.8 Å². The van der Waals surface area contributed by atoms with Gasteiger partial charge in [0, 0.05) is 17.7 Å². The molecule has 44 heavy (non-hydrogen) atoms. The summed E-state index contributed by atoms with van der Waals surface area (Å²) in [5.74, 6) is -1.80. The fourth-order valence-corrected chi connectivity index (χ4v) is 4.58. The van der Waals surface area contributed by atoms with Gasteiger partial charge >= 0.3 is 6.36 Å². The Morgan fingerprint density at radius 1 is 0.977 bits per heavy atom. The Morgan fingerprint density at radius 3 is 2.36 bits per heavy atom. The number of rotatable bonds is 9. The molecule has 0 aliphatic carbocycles. The Bertz CT molecular complexity index is 1650.